The van der Waals surface area contributed by atoms with Crippen molar-refractivity contribution in [2.24, 2.45) is 0 Å². The van der Waals surface area contributed by atoms with E-state index in [9.17, 15) is 4.79 Å². The molecule has 0 aliphatic heterocycles. The minimum atomic E-state index is -0.0691. The van der Waals surface area contributed by atoms with Crippen LogP contribution in [-0.4, -0.2) is 18.6 Å². The highest BCUT2D eigenvalue weighted by atomic mass is 16.5. The van der Waals surface area contributed by atoms with Gasteiger partial charge in [0.25, 0.3) is 5.91 Å². The summed E-state index contributed by atoms with van der Waals surface area (Å²) >= 11 is 0. The van der Waals surface area contributed by atoms with Gasteiger partial charge >= 0.3 is 0 Å². The summed E-state index contributed by atoms with van der Waals surface area (Å²) in [4.78, 5) is 12.6. The van der Waals surface area contributed by atoms with Crippen LogP contribution in [0.15, 0.2) is 60.7 Å². The number of amides is 1. The summed E-state index contributed by atoms with van der Waals surface area (Å²) in [7, 11) is 0. The number of carbonyl (C=O) groups is 1. The molecule has 0 saturated heterocycles. The SMILES string of the molecule is CCC[C@@H](C)NC(=O)c1ccc(OCC)c(COc2cccc3ccccc23)c1. The largest absolute Gasteiger partial charge is 0.493 e. The van der Waals surface area contributed by atoms with Gasteiger partial charge in [0.1, 0.15) is 18.1 Å². The Hall–Kier alpha value is -3.01. The molecule has 1 atom stereocenters. The number of rotatable bonds is 9. The van der Waals surface area contributed by atoms with E-state index in [4.69, 9.17) is 9.47 Å². The summed E-state index contributed by atoms with van der Waals surface area (Å²) in [5, 5.41) is 5.25. The molecule has 0 spiro atoms. The van der Waals surface area contributed by atoms with Crippen molar-refractivity contribution in [3.63, 3.8) is 0 Å². The van der Waals surface area contributed by atoms with Crippen LogP contribution in [0.2, 0.25) is 0 Å². The van der Waals surface area contributed by atoms with Crippen molar-refractivity contribution in [1.82, 2.24) is 5.32 Å². The Morgan fingerprint density at radius 3 is 2.55 bits per heavy atom. The van der Waals surface area contributed by atoms with Crippen molar-refractivity contribution in [3.05, 3.63) is 71.8 Å². The summed E-state index contributed by atoms with van der Waals surface area (Å²) in [6.45, 7) is 6.97. The molecule has 0 unspecified atom stereocenters. The summed E-state index contributed by atoms with van der Waals surface area (Å²) in [5.74, 6) is 1.49. The third-order valence-electron chi connectivity index (χ3n) is 4.85. The number of hydrogen-bond acceptors (Lipinski definition) is 3. The number of benzene rings is 3. The molecule has 29 heavy (non-hydrogen) atoms. The molecule has 0 heterocycles. The molecular formula is C25H29NO3. The van der Waals surface area contributed by atoms with Gasteiger partial charge in [-0.2, -0.15) is 0 Å². The highest BCUT2D eigenvalue weighted by molar-refractivity contribution is 5.94. The van der Waals surface area contributed by atoms with Gasteiger partial charge < -0.3 is 14.8 Å². The molecule has 0 bridgehead atoms. The maximum atomic E-state index is 12.6. The second-order valence-corrected chi connectivity index (χ2v) is 7.18. The minimum absolute atomic E-state index is 0.0691. The Morgan fingerprint density at radius 1 is 0.966 bits per heavy atom. The maximum Gasteiger partial charge on any atom is 0.251 e. The Morgan fingerprint density at radius 2 is 1.76 bits per heavy atom. The van der Waals surface area contributed by atoms with Gasteiger partial charge in [-0.25, -0.2) is 0 Å². The molecule has 1 amide bonds. The first-order chi connectivity index (χ1) is 14.1. The fourth-order valence-electron chi connectivity index (χ4n) is 3.42. The van der Waals surface area contributed by atoms with Gasteiger partial charge in [-0.3, -0.25) is 4.79 Å². The van der Waals surface area contributed by atoms with E-state index in [0.717, 1.165) is 40.7 Å². The van der Waals surface area contributed by atoms with Gasteiger partial charge in [-0.05, 0) is 49.9 Å². The van der Waals surface area contributed by atoms with Crippen molar-refractivity contribution in [3.8, 4) is 11.5 Å². The number of nitrogens with one attached hydrogen (secondary N) is 1. The zero-order valence-corrected chi connectivity index (χ0v) is 17.4. The molecule has 3 rings (SSSR count). The lowest BCUT2D eigenvalue weighted by molar-refractivity contribution is 0.0938. The van der Waals surface area contributed by atoms with E-state index in [2.05, 4.69) is 24.4 Å². The smallest absolute Gasteiger partial charge is 0.251 e. The van der Waals surface area contributed by atoms with Crippen LogP contribution in [0.1, 0.15) is 49.5 Å². The van der Waals surface area contributed by atoms with E-state index in [1.165, 1.54) is 0 Å². The molecule has 4 nitrogen and oxygen atoms in total. The van der Waals surface area contributed by atoms with Crippen molar-refractivity contribution in [1.29, 1.82) is 0 Å². The van der Waals surface area contributed by atoms with Crippen LogP contribution in [0, 0.1) is 0 Å². The normalized spacial score (nSPS) is 11.8. The fourth-order valence-corrected chi connectivity index (χ4v) is 3.42. The minimum Gasteiger partial charge on any atom is -0.493 e. The Labute approximate surface area is 172 Å². The van der Waals surface area contributed by atoms with Gasteiger partial charge in [-0.1, -0.05) is 49.7 Å². The van der Waals surface area contributed by atoms with Crippen molar-refractivity contribution in [2.45, 2.75) is 46.3 Å². The molecular weight excluding hydrogens is 362 g/mol. The van der Waals surface area contributed by atoms with Crippen LogP contribution in [0.5, 0.6) is 11.5 Å². The Balaban J connectivity index is 1.81. The Kier molecular flexibility index (Phi) is 7.12. The fraction of sp³-hybridized carbons (Fsp3) is 0.320. The van der Waals surface area contributed by atoms with E-state index >= 15 is 0 Å². The summed E-state index contributed by atoms with van der Waals surface area (Å²) in [6.07, 6.45) is 1.99. The van der Waals surface area contributed by atoms with Crippen molar-refractivity contribution >= 4 is 16.7 Å². The van der Waals surface area contributed by atoms with Crippen LogP contribution in [0.3, 0.4) is 0 Å². The summed E-state index contributed by atoms with van der Waals surface area (Å²) in [5.41, 5.74) is 1.48. The third kappa shape index (κ3) is 5.29. The molecule has 0 aromatic heterocycles. The van der Waals surface area contributed by atoms with Crippen LogP contribution in [0.4, 0.5) is 0 Å². The van der Waals surface area contributed by atoms with Crippen molar-refractivity contribution in [2.75, 3.05) is 6.61 Å². The van der Waals surface area contributed by atoms with Crippen LogP contribution in [-0.2, 0) is 6.61 Å². The molecule has 1 N–H and O–H groups in total. The van der Waals surface area contributed by atoms with Crippen molar-refractivity contribution < 1.29 is 14.3 Å². The predicted octanol–water partition coefficient (Wildman–Crippen LogP) is 5.74. The molecule has 3 aromatic rings. The Bertz CT molecular complexity index is 962. The van der Waals surface area contributed by atoms with Crippen LogP contribution >= 0.6 is 0 Å². The molecule has 0 radical (unpaired) electrons. The lowest BCUT2D eigenvalue weighted by Crippen LogP contribution is -2.32. The van der Waals surface area contributed by atoms with E-state index in [1.807, 2.05) is 56.3 Å². The van der Waals surface area contributed by atoms with E-state index < -0.39 is 0 Å². The van der Waals surface area contributed by atoms with E-state index in [1.54, 1.807) is 6.07 Å². The second-order valence-electron chi connectivity index (χ2n) is 7.18. The monoisotopic (exact) mass is 391 g/mol. The predicted molar refractivity (Wildman–Crippen MR) is 118 cm³/mol. The topological polar surface area (TPSA) is 47.6 Å². The summed E-state index contributed by atoms with van der Waals surface area (Å²) in [6, 6.07) is 19.8. The zero-order chi connectivity index (χ0) is 20.6. The van der Waals surface area contributed by atoms with Gasteiger partial charge in [0.2, 0.25) is 0 Å². The van der Waals surface area contributed by atoms with Gasteiger partial charge in [0.15, 0.2) is 0 Å². The molecule has 0 saturated carbocycles. The molecule has 4 heteroatoms. The van der Waals surface area contributed by atoms with Gasteiger partial charge in [-0.15, -0.1) is 0 Å². The quantitative estimate of drug-likeness (QED) is 0.506. The lowest BCUT2D eigenvalue weighted by Gasteiger charge is -2.16. The van der Waals surface area contributed by atoms with Crippen LogP contribution in [0.25, 0.3) is 10.8 Å². The standard InChI is InChI=1S/C25H29NO3/c1-4-9-18(3)26-25(27)20-14-15-23(28-5-2)21(16-20)17-29-24-13-8-11-19-10-6-7-12-22(19)24/h6-8,10-16,18H,4-5,9,17H2,1-3H3,(H,26,27)/t18-/m1/s1. The molecule has 0 fully saturated rings. The average Bonchev–Trinajstić information content (AvgIpc) is 2.73. The van der Waals surface area contributed by atoms with Gasteiger partial charge in [0, 0.05) is 22.6 Å². The lowest BCUT2D eigenvalue weighted by atomic mass is 10.1. The number of hydrogen-bond donors (Lipinski definition) is 1. The highest BCUT2D eigenvalue weighted by Crippen LogP contribution is 2.28. The molecule has 3 aromatic carbocycles. The van der Waals surface area contributed by atoms with Gasteiger partial charge in [0.05, 0.1) is 6.61 Å². The van der Waals surface area contributed by atoms with E-state index in [-0.39, 0.29) is 11.9 Å². The number of fused-ring (bicyclic) bond motifs is 1. The average molecular weight is 392 g/mol. The first kappa shape index (κ1) is 20.7. The zero-order valence-electron chi connectivity index (χ0n) is 17.4. The highest BCUT2D eigenvalue weighted by Gasteiger charge is 2.13. The summed E-state index contributed by atoms with van der Waals surface area (Å²) < 4.78 is 11.9. The third-order valence-corrected chi connectivity index (χ3v) is 4.85. The first-order valence-electron chi connectivity index (χ1n) is 10.3. The molecule has 0 aliphatic carbocycles. The first-order valence-corrected chi connectivity index (χ1v) is 10.3. The number of carbonyl (C=O) groups excluding carboxylic acids is 1. The van der Waals surface area contributed by atoms with Crippen LogP contribution < -0.4 is 14.8 Å². The number of ether oxygens (including phenoxy) is 2. The second kappa shape index (κ2) is 9.97. The maximum absolute atomic E-state index is 12.6. The molecule has 152 valence electrons. The van der Waals surface area contributed by atoms with E-state index in [0.29, 0.717) is 18.8 Å². The molecule has 0 aliphatic rings.